The lowest BCUT2D eigenvalue weighted by molar-refractivity contribution is 0.00696. The largest absolute Gasteiger partial charge is 0.456 e. The molecule has 1 heterocycles. The predicted molar refractivity (Wildman–Crippen MR) is 88.1 cm³/mol. The van der Waals surface area contributed by atoms with Gasteiger partial charge in [0, 0.05) is 12.2 Å². The zero-order chi connectivity index (χ0) is 15.3. The van der Waals surface area contributed by atoms with Gasteiger partial charge in [-0.25, -0.2) is 4.79 Å². The number of rotatable bonds is 5. The average Bonchev–Trinajstić information content (AvgIpc) is 2.91. The summed E-state index contributed by atoms with van der Waals surface area (Å²) in [5, 5.41) is 7.60. The van der Waals surface area contributed by atoms with Gasteiger partial charge in [0.25, 0.3) is 0 Å². The highest BCUT2D eigenvalue weighted by atomic mass is 32.1. The standard InChI is InChI=1S/C17H21NO2S/c1-17(2,3)20-16(19)14-4-6-15(7-5-14)18-10-8-13-9-11-21-12-13/h4-7,9,11-12,18H,8,10H2,1-3H3. The summed E-state index contributed by atoms with van der Waals surface area (Å²) in [6, 6.07) is 9.54. The van der Waals surface area contributed by atoms with Gasteiger partial charge in [-0.2, -0.15) is 11.3 Å². The molecule has 0 unspecified atom stereocenters. The molecule has 0 fully saturated rings. The van der Waals surface area contributed by atoms with Crippen LogP contribution in [0.15, 0.2) is 41.1 Å². The monoisotopic (exact) mass is 303 g/mol. The second-order valence-electron chi connectivity index (χ2n) is 5.89. The smallest absolute Gasteiger partial charge is 0.338 e. The van der Waals surface area contributed by atoms with Crippen molar-refractivity contribution >= 4 is 23.0 Å². The Labute approximate surface area is 130 Å². The van der Waals surface area contributed by atoms with E-state index in [1.165, 1.54) is 5.56 Å². The quantitative estimate of drug-likeness (QED) is 0.834. The number of ether oxygens (including phenoxy) is 1. The summed E-state index contributed by atoms with van der Waals surface area (Å²) in [5.74, 6) is -0.285. The van der Waals surface area contributed by atoms with Crippen LogP contribution in [-0.2, 0) is 11.2 Å². The molecule has 0 aliphatic heterocycles. The number of thiophene rings is 1. The lowest BCUT2D eigenvalue weighted by Crippen LogP contribution is -2.23. The van der Waals surface area contributed by atoms with Gasteiger partial charge in [0.1, 0.15) is 5.60 Å². The average molecular weight is 303 g/mol. The van der Waals surface area contributed by atoms with Crippen LogP contribution in [0.4, 0.5) is 5.69 Å². The SMILES string of the molecule is CC(C)(C)OC(=O)c1ccc(NCCc2ccsc2)cc1. The van der Waals surface area contributed by atoms with Crippen LogP contribution < -0.4 is 5.32 Å². The van der Waals surface area contributed by atoms with Crippen molar-refractivity contribution in [2.24, 2.45) is 0 Å². The molecule has 112 valence electrons. The number of esters is 1. The Bertz CT molecular complexity index is 568. The first kappa shape index (κ1) is 15.6. The first-order valence-electron chi connectivity index (χ1n) is 7.02. The normalized spacial score (nSPS) is 11.2. The minimum Gasteiger partial charge on any atom is -0.456 e. The van der Waals surface area contributed by atoms with Crippen LogP contribution >= 0.6 is 11.3 Å². The van der Waals surface area contributed by atoms with Crippen LogP contribution in [0.25, 0.3) is 0 Å². The van der Waals surface area contributed by atoms with Gasteiger partial charge in [-0.3, -0.25) is 0 Å². The van der Waals surface area contributed by atoms with E-state index in [1.54, 1.807) is 23.5 Å². The lowest BCUT2D eigenvalue weighted by Gasteiger charge is -2.19. The Balaban J connectivity index is 1.85. The molecule has 0 atom stereocenters. The first-order chi connectivity index (χ1) is 9.94. The number of benzene rings is 1. The molecule has 4 heteroatoms. The second kappa shape index (κ2) is 6.76. The van der Waals surface area contributed by atoms with Crippen LogP contribution in [0.1, 0.15) is 36.7 Å². The third kappa shape index (κ3) is 5.23. The van der Waals surface area contributed by atoms with Crippen LogP contribution in [0.5, 0.6) is 0 Å². The van der Waals surface area contributed by atoms with E-state index in [1.807, 2.05) is 32.9 Å². The van der Waals surface area contributed by atoms with Gasteiger partial charge in [0.2, 0.25) is 0 Å². The molecule has 1 N–H and O–H groups in total. The Morgan fingerprint density at radius 3 is 2.48 bits per heavy atom. The summed E-state index contributed by atoms with van der Waals surface area (Å²) in [6.45, 7) is 6.48. The highest BCUT2D eigenvalue weighted by Crippen LogP contribution is 2.15. The van der Waals surface area contributed by atoms with Crippen molar-refractivity contribution in [2.75, 3.05) is 11.9 Å². The van der Waals surface area contributed by atoms with E-state index in [4.69, 9.17) is 4.74 Å². The highest BCUT2D eigenvalue weighted by Gasteiger charge is 2.17. The Kier molecular flexibility index (Phi) is 5.02. The molecule has 0 radical (unpaired) electrons. The Hall–Kier alpha value is -1.81. The summed E-state index contributed by atoms with van der Waals surface area (Å²) in [7, 11) is 0. The fraction of sp³-hybridized carbons (Fsp3) is 0.353. The van der Waals surface area contributed by atoms with Crippen LogP contribution in [-0.4, -0.2) is 18.1 Å². The molecule has 2 rings (SSSR count). The molecule has 0 spiro atoms. The van der Waals surface area contributed by atoms with Crippen molar-refractivity contribution in [3.8, 4) is 0 Å². The maximum absolute atomic E-state index is 11.9. The topological polar surface area (TPSA) is 38.3 Å². The molecule has 2 aromatic rings. The molecule has 0 aliphatic rings. The molecule has 21 heavy (non-hydrogen) atoms. The molecular weight excluding hydrogens is 282 g/mol. The highest BCUT2D eigenvalue weighted by molar-refractivity contribution is 7.07. The third-order valence-corrected chi connectivity index (χ3v) is 3.57. The second-order valence-corrected chi connectivity index (χ2v) is 6.67. The summed E-state index contributed by atoms with van der Waals surface area (Å²) >= 11 is 1.72. The molecule has 3 nitrogen and oxygen atoms in total. The molecule has 0 saturated heterocycles. The number of carbonyl (C=O) groups excluding carboxylic acids is 1. The molecule has 1 aromatic heterocycles. The lowest BCUT2D eigenvalue weighted by atomic mass is 10.1. The van der Waals surface area contributed by atoms with Crippen LogP contribution in [0, 0.1) is 0 Å². The zero-order valence-electron chi connectivity index (χ0n) is 12.7. The van der Waals surface area contributed by atoms with Crippen LogP contribution in [0.3, 0.4) is 0 Å². The summed E-state index contributed by atoms with van der Waals surface area (Å²) in [4.78, 5) is 11.9. The van der Waals surface area contributed by atoms with Gasteiger partial charge in [-0.05, 0) is 73.8 Å². The van der Waals surface area contributed by atoms with Gasteiger partial charge in [0.05, 0.1) is 5.56 Å². The van der Waals surface area contributed by atoms with Crippen molar-refractivity contribution in [3.63, 3.8) is 0 Å². The summed E-state index contributed by atoms with van der Waals surface area (Å²) < 4.78 is 5.34. The number of anilines is 1. The summed E-state index contributed by atoms with van der Waals surface area (Å²) in [6.07, 6.45) is 0.997. The van der Waals surface area contributed by atoms with E-state index >= 15 is 0 Å². The van der Waals surface area contributed by atoms with E-state index in [0.29, 0.717) is 5.56 Å². The number of hydrogen-bond acceptors (Lipinski definition) is 4. The predicted octanol–water partition coefficient (Wildman–Crippen LogP) is 4.36. The minimum absolute atomic E-state index is 0.285. The van der Waals surface area contributed by atoms with E-state index in [-0.39, 0.29) is 5.97 Å². The van der Waals surface area contributed by atoms with E-state index in [2.05, 4.69) is 22.1 Å². The maximum Gasteiger partial charge on any atom is 0.338 e. The minimum atomic E-state index is -0.464. The maximum atomic E-state index is 11.9. The third-order valence-electron chi connectivity index (χ3n) is 2.84. The molecule has 0 saturated carbocycles. The van der Waals surface area contributed by atoms with Gasteiger partial charge < -0.3 is 10.1 Å². The number of carbonyl (C=O) groups is 1. The van der Waals surface area contributed by atoms with E-state index < -0.39 is 5.60 Å². The number of nitrogens with one attached hydrogen (secondary N) is 1. The Morgan fingerprint density at radius 1 is 1.19 bits per heavy atom. The molecule has 0 aliphatic carbocycles. The van der Waals surface area contributed by atoms with Crippen molar-refractivity contribution in [1.29, 1.82) is 0 Å². The van der Waals surface area contributed by atoms with E-state index in [0.717, 1.165) is 18.7 Å². The van der Waals surface area contributed by atoms with Crippen LogP contribution in [0.2, 0.25) is 0 Å². The van der Waals surface area contributed by atoms with Crippen molar-refractivity contribution in [3.05, 3.63) is 52.2 Å². The van der Waals surface area contributed by atoms with Gasteiger partial charge in [-0.15, -0.1) is 0 Å². The fourth-order valence-corrected chi connectivity index (χ4v) is 2.55. The molecule has 0 amide bonds. The zero-order valence-corrected chi connectivity index (χ0v) is 13.5. The van der Waals surface area contributed by atoms with Crippen molar-refractivity contribution in [2.45, 2.75) is 32.8 Å². The van der Waals surface area contributed by atoms with Gasteiger partial charge >= 0.3 is 5.97 Å². The molecule has 0 bridgehead atoms. The van der Waals surface area contributed by atoms with Gasteiger partial charge in [-0.1, -0.05) is 0 Å². The van der Waals surface area contributed by atoms with Crippen molar-refractivity contribution < 1.29 is 9.53 Å². The van der Waals surface area contributed by atoms with E-state index in [9.17, 15) is 4.79 Å². The molecular formula is C17H21NO2S. The number of hydrogen-bond donors (Lipinski definition) is 1. The summed E-state index contributed by atoms with van der Waals surface area (Å²) in [5.41, 5.74) is 2.47. The molecule has 1 aromatic carbocycles. The first-order valence-corrected chi connectivity index (χ1v) is 7.97. The fourth-order valence-electron chi connectivity index (χ4n) is 1.85. The van der Waals surface area contributed by atoms with Crippen molar-refractivity contribution in [1.82, 2.24) is 0 Å². The Morgan fingerprint density at radius 2 is 1.90 bits per heavy atom. The van der Waals surface area contributed by atoms with Gasteiger partial charge in [0.15, 0.2) is 0 Å².